The van der Waals surface area contributed by atoms with Crippen LogP contribution < -0.4 is 5.32 Å². The lowest BCUT2D eigenvalue weighted by Gasteiger charge is -2.34. The van der Waals surface area contributed by atoms with Gasteiger partial charge in [-0.25, -0.2) is 4.79 Å². The molecule has 0 spiro atoms. The van der Waals surface area contributed by atoms with E-state index >= 15 is 0 Å². The molecule has 0 aliphatic carbocycles. The van der Waals surface area contributed by atoms with E-state index in [1.807, 2.05) is 25.7 Å². The average Bonchev–Trinajstić information content (AvgIpc) is 2.43. The third-order valence-electron chi connectivity index (χ3n) is 4.54. The largest absolute Gasteiger partial charge is 0.444 e. The van der Waals surface area contributed by atoms with Crippen molar-refractivity contribution in [3.63, 3.8) is 0 Å². The Bertz CT molecular complexity index is 382. The summed E-state index contributed by atoms with van der Waals surface area (Å²) >= 11 is 0. The van der Waals surface area contributed by atoms with Crippen molar-refractivity contribution in [2.24, 2.45) is 11.3 Å². The van der Waals surface area contributed by atoms with Gasteiger partial charge in [0.05, 0.1) is 0 Å². The number of hydrogen-bond donors (Lipinski definition) is 1. The van der Waals surface area contributed by atoms with Crippen molar-refractivity contribution in [2.75, 3.05) is 19.6 Å². The van der Waals surface area contributed by atoms with E-state index in [0.29, 0.717) is 17.4 Å². The highest BCUT2D eigenvalue weighted by atomic mass is 16.6. The van der Waals surface area contributed by atoms with Crippen molar-refractivity contribution in [2.45, 2.75) is 92.2 Å². The van der Waals surface area contributed by atoms with Crippen LogP contribution in [0.4, 0.5) is 4.79 Å². The predicted octanol–water partition coefficient (Wildman–Crippen LogP) is 4.83. The highest BCUT2D eigenvalue weighted by molar-refractivity contribution is 5.68. The van der Waals surface area contributed by atoms with Crippen LogP contribution in [-0.2, 0) is 4.74 Å². The van der Waals surface area contributed by atoms with E-state index in [1.54, 1.807) is 0 Å². The fraction of sp³-hybridized carbons (Fsp3) is 0.950. The molecule has 1 fully saturated rings. The van der Waals surface area contributed by atoms with Crippen molar-refractivity contribution in [1.82, 2.24) is 10.2 Å². The highest BCUT2D eigenvalue weighted by Crippen LogP contribution is 2.23. The topological polar surface area (TPSA) is 41.6 Å². The summed E-state index contributed by atoms with van der Waals surface area (Å²) in [4.78, 5) is 14.1. The predicted molar refractivity (Wildman–Crippen MR) is 101 cm³/mol. The highest BCUT2D eigenvalue weighted by Gasteiger charge is 2.27. The second-order valence-electron chi connectivity index (χ2n) is 9.68. The number of ether oxygens (including phenoxy) is 1. The fourth-order valence-electron chi connectivity index (χ4n) is 3.08. The minimum absolute atomic E-state index is 0.154. The number of nitrogens with one attached hydrogen (secondary N) is 1. The lowest BCUT2D eigenvalue weighted by molar-refractivity contribution is 0.0161. The molecule has 1 rings (SSSR count). The van der Waals surface area contributed by atoms with Gasteiger partial charge in [-0.15, -0.1) is 0 Å². The Morgan fingerprint density at radius 2 is 1.92 bits per heavy atom. The number of carbonyl (C=O) groups is 1. The minimum Gasteiger partial charge on any atom is -0.444 e. The van der Waals surface area contributed by atoms with Gasteiger partial charge in [-0.05, 0) is 77.7 Å². The molecule has 142 valence electrons. The molecule has 0 bridgehead atoms. The lowest BCUT2D eigenvalue weighted by atomic mass is 9.89. The van der Waals surface area contributed by atoms with Crippen molar-refractivity contribution in [3.05, 3.63) is 0 Å². The van der Waals surface area contributed by atoms with Gasteiger partial charge in [0, 0.05) is 19.1 Å². The summed E-state index contributed by atoms with van der Waals surface area (Å²) in [6, 6.07) is 0.565. The maximum Gasteiger partial charge on any atom is 0.410 e. The summed E-state index contributed by atoms with van der Waals surface area (Å²) in [6.45, 7) is 17.7. The zero-order valence-corrected chi connectivity index (χ0v) is 17.1. The van der Waals surface area contributed by atoms with E-state index < -0.39 is 5.60 Å². The van der Waals surface area contributed by atoms with Crippen LogP contribution in [0.5, 0.6) is 0 Å². The zero-order chi connectivity index (χ0) is 18.4. The second kappa shape index (κ2) is 9.07. The minimum atomic E-state index is -0.409. The Hall–Kier alpha value is -0.770. The van der Waals surface area contributed by atoms with Gasteiger partial charge in [0.25, 0.3) is 0 Å². The summed E-state index contributed by atoms with van der Waals surface area (Å²) in [5, 5.41) is 3.65. The van der Waals surface area contributed by atoms with Crippen molar-refractivity contribution < 1.29 is 9.53 Å². The van der Waals surface area contributed by atoms with Crippen LogP contribution in [0.15, 0.2) is 0 Å². The van der Waals surface area contributed by atoms with Gasteiger partial charge < -0.3 is 15.0 Å². The molecule has 4 heteroatoms. The van der Waals surface area contributed by atoms with Gasteiger partial charge in [0.15, 0.2) is 0 Å². The van der Waals surface area contributed by atoms with E-state index in [2.05, 4.69) is 33.0 Å². The Morgan fingerprint density at radius 1 is 1.25 bits per heavy atom. The van der Waals surface area contributed by atoms with Gasteiger partial charge in [0.2, 0.25) is 0 Å². The molecule has 0 aromatic heterocycles. The van der Waals surface area contributed by atoms with Crippen molar-refractivity contribution >= 4 is 6.09 Å². The molecule has 1 N–H and O–H groups in total. The first kappa shape index (κ1) is 21.3. The Labute approximate surface area is 149 Å². The first-order valence-electron chi connectivity index (χ1n) is 9.67. The van der Waals surface area contributed by atoms with Crippen LogP contribution in [0.3, 0.4) is 0 Å². The number of hydrogen-bond acceptors (Lipinski definition) is 3. The first-order valence-corrected chi connectivity index (χ1v) is 9.67. The molecule has 1 heterocycles. The van der Waals surface area contributed by atoms with Crippen LogP contribution >= 0.6 is 0 Å². The number of piperidine rings is 1. The average molecular weight is 341 g/mol. The number of rotatable bonds is 6. The number of amides is 1. The van der Waals surface area contributed by atoms with Crippen molar-refractivity contribution in [3.8, 4) is 0 Å². The second-order valence-corrected chi connectivity index (χ2v) is 9.68. The van der Waals surface area contributed by atoms with E-state index in [1.165, 1.54) is 19.3 Å². The molecule has 4 nitrogen and oxygen atoms in total. The Balaban J connectivity index is 2.27. The van der Waals surface area contributed by atoms with Crippen LogP contribution in [0.2, 0.25) is 0 Å². The monoisotopic (exact) mass is 340 g/mol. The summed E-state index contributed by atoms with van der Waals surface area (Å²) in [5.74, 6) is 0.591. The molecule has 1 saturated heterocycles. The van der Waals surface area contributed by atoms with Crippen LogP contribution in [-0.4, -0.2) is 42.3 Å². The summed E-state index contributed by atoms with van der Waals surface area (Å²) < 4.78 is 5.50. The van der Waals surface area contributed by atoms with Crippen molar-refractivity contribution in [1.29, 1.82) is 0 Å². The smallest absolute Gasteiger partial charge is 0.410 e. The molecular weight excluding hydrogens is 300 g/mol. The molecular formula is C20H40N2O2. The number of likely N-dealkylation sites (tertiary alicyclic amines) is 1. The third kappa shape index (κ3) is 9.51. The zero-order valence-electron chi connectivity index (χ0n) is 17.1. The Kier molecular flexibility index (Phi) is 8.04. The van der Waals surface area contributed by atoms with Gasteiger partial charge in [-0.1, -0.05) is 20.8 Å². The van der Waals surface area contributed by atoms with Gasteiger partial charge in [-0.3, -0.25) is 0 Å². The molecule has 0 aromatic carbocycles. The number of nitrogens with zero attached hydrogens (tertiary/aromatic N) is 1. The van der Waals surface area contributed by atoms with Gasteiger partial charge >= 0.3 is 6.09 Å². The van der Waals surface area contributed by atoms with Crippen LogP contribution in [0.1, 0.15) is 80.6 Å². The first-order chi connectivity index (χ1) is 11.0. The van der Waals surface area contributed by atoms with E-state index in [9.17, 15) is 4.79 Å². The molecule has 1 aliphatic rings. The standard InChI is InChI=1S/C20H40N2O2/c1-16(10-12-19(2,3)4)21-13-11-17-9-8-14-22(15-17)18(23)24-20(5,6)7/h16-17,21H,8-15H2,1-7H3. The van der Waals surface area contributed by atoms with E-state index in [0.717, 1.165) is 32.5 Å². The van der Waals surface area contributed by atoms with Gasteiger partial charge in [0.1, 0.15) is 5.60 Å². The summed E-state index contributed by atoms with van der Waals surface area (Å²) in [7, 11) is 0. The molecule has 1 aliphatic heterocycles. The molecule has 24 heavy (non-hydrogen) atoms. The maximum atomic E-state index is 12.2. The lowest BCUT2D eigenvalue weighted by Crippen LogP contribution is -2.43. The van der Waals surface area contributed by atoms with Gasteiger partial charge in [-0.2, -0.15) is 0 Å². The summed E-state index contributed by atoms with van der Waals surface area (Å²) in [5.41, 5.74) is 0.00129. The molecule has 2 unspecified atom stereocenters. The molecule has 0 radical (unpaired) electrons. The van der Waals surface area contributed by atoms with Crippen LogP contribution in [0.25, 0.3) is 0 Å². The summed E-state index contributed by atoms with van der Waals surface area (Å²) in [6.07, 6.45) is 5.76. The molecule has 2 atom stereocenters. The SMILES string of the molecule is CC(CCC(C)(C)C)NCCC1CCCN(C(=O)OC(C)(C)C)C1. The molecule has 0 saturated carbocycles. The van der Waals surface area contributed by atoms with E-state index in [4.69, 9.17) is 4.74 Å². The normalized spacial score (nSPS) is 20.8. The van der Waals surface area contributed by atoms with Crippen LogP contribution in [0, 0.1) is 11.3 Å². The molecule has 1 amide bonds. The number of carbonyl (C=O) groups excluding carboxylic acids is 1. The Morgan fingerprint density at radius 3 is 2.50 bits per heavy atom. The maximum absolute atomic E-state index is 12.2. The quantitative estimate of drug-likeness (QED) is 0.753. The fourth-order valence-corrected chi connectivity index (χ4v) is 3.08. The molecule has 0 aromatic rings. The third-order valence-corrected chi connectivity index (χ3v) is 4.54. The van der Waals surface area contributed by atoms with E-state index in [-0.39, 0.29) is 6.09 Å².